The number of rotatable bonds is 7. The Balaban J connectivity index is 1.31. The highest BCUT2D eigenvalue weighted by atomic mass is 32.1. The fraction of sp³-hybridized carbons (Fsp3) is 0.346. The molecule has 204 valence electrons. The number of thiophene rings is 1. The van der Waals surface area contributed by atoms with Crippen LogP contribution in [-0.2, 0) is 13.1 Å². The fourth-order valence-corrected chi connectivity index (χ4v) is 5.77. The predicted molar refractivity (Wildman–Crippen MR) is 143 cm³/mol. The lowest BCUT2D eigenvalue weighted by atomic mass is 10.0. The summed E-state index contributed by atoms with van der Waals surface area (Å²) in [6.45, 7) is -0.0642. The largest absolute Gasteiger partial charge is 0.406 e. The maximum Gasteiger partial charge on any atom is 0.406 e. The van der Waals surface area contributed by atoms with E-state index in [2.05, 4.69) is 25.8 Å². The van der Waals surface area contributed by atoms with Crippen molar-refractivity contribution >= 4 is 43.8 Å². The van der Waals surface area contributed by atoms with Gasteiger partial charge in [-0.05, 0) is 49.2 Å². The molecular formula is C26H25F4N7OS. The lowest BCUT2D eigenvalue weighted by Crippen LogP contribution is -2.46. The molecule has 0 spiro atoms. The summed E-state index contributed by atoms with van der Waals surface area (Å²) in [6, 6.07) is 10.0. The monoisotopic (exact) mass is 559 g/mol. The van der Waals surface area contributed by atoms with Crippen LogP contribution in [0.15, 0.2) is 52.5 Å². The van der Waals surface area contributed by atoms with Crippen molar-refractivity contribution in [2.75, 3.05) is 30.8 Å². The van der Waals surface area contributed by atoms with E-state index < -0.39 is 24.9 Å². The van der Waals surface area contributed by atoms with Gasteiger partial charge in [-0.25, -0.2) is 9.37 Å². The van der Waals surface area contributed by atoms with Gasteiger partial charge in [0.1, 0.15) is 18.5 Å². The summed E-state index contributed by atoms with van der Waals surface area (Å²) in [5.74, 6) is 0.880. The second-order valence-electron chi connectivity index (χ2n) is 9.64. The molecule has 0 aliphatic carbocycles. The van der Waals surface area contributed by atoms with Gasteiger partial charge < -0.3 is 24.6 Å². The van der Waals surface area contributed by atoms with Gasteiger partial charge in [-0.3, -0.25) is 0 Å². The highest BCUT2D eigenvalue weighted by molar-refractivity contribution is 7.17. The number of halogens is 4. The average molecular weight is 560 g/mol. The molecule has 13 heteroatoms. The Morgan fingerprint density at radius 2 is 2.05 bits per heavy atom. The second kappa shape index (κ2) is 10.1. The fourth-order valence-electron chi connectivity index (χ4n) is 4.99. The predicted octanol–water partition coefficient (Wildman–Crippen LogP) is 5.93. The lowest BCUT2D eigenvalue weighted by Gasteiger charge is -2.33. The minimum absolute atomic E-state index is 0.0301. The zero-order chi connectivity index (χ0) is 27.1. The van der Waals surface area contributed by atoms with Crippen molar-refractivity contribution < 1.29 is 22.1 Å². The number of hydrogen-bond acceptors (Lipinski definition) is 8. The van der Waals surface area contributed by atoms with Gasteiger partial charge in [0, 0.05) is 40.4 Å². The van der Waals surface area contributed by atoms with Crippen molar-refractivity contribution in [2.45, 2.75) is 37.9 Å². The number of anilines is 2. The van der Waals surface area contributed by atoms with Crippen molar-refractivity contribution in [1.29, 1.82) is 0 Å². The molecule has 8 nitrogen and oxygen atoms in total. The number of hydrogen-bond donors (Lipinski definition) is 2. The summed E-state index contributed by atoms with van der Waals surface area (Å²) < 4.78 is 63.2. The minimum Gasteiger partial charge on any atom is -0.379 e. The van der Waals surface area contributed by atoms with E-state index in [1.807, 2.05) is 29.5 Å². The third kappa shape index (κ3) is 5.28. The number of aromatic nitrogens is 4. The number of likely N-dealkylation sites (tertiary alicyclic amines) is 1. The number of pyridine rings is 1. The van der Waals surface area contributed by atoms with Crippen molar-refractivity contribution in [3.05, 3.63) is 53.9 Å². The molecule has 1 fully saturated rings. The van der Waals surface area contributed by atoms with Crippen molar-refractivity contribution in [1.82, 2.24) is 24.6 Å². The summed E-state index contributed by atoms with van der Waals surface area (Å²) in [5, 5.41) is 13.8. The van der Waals surface area contributed by atoms with Crippen molar-refractivity contribution in [3.63, 3.8) is 0 Å². The topological polar surface area (TPSA) is 84.0 Å². The molecule has 0 unspecified atom stereocenters. The molecule has 0 radical (unpaired) electrons. The molecule has 4 aromatic heterocycles. The molecule has 2 atom stereocenters. The van der Waals surface area contributed by atoms with Crippen LogP contribution < -0.4 is 10.6 Å². The van der Waals surface area contributed by atoms with Gasteiger partial charge in [-0.2, -0.15) is 18.2 Å². The Kier molecular flexibility index (Phi) is 6.63. The lowest BCUT2D eigenvalue weighted by molar-refractivity contribution is -0.139. The van der Waals surface area contributed by atoms with E-state index in [0.29, 0.717) is 35.4 Å². The van der Waals surface area contributed by atoms with E-state index in [0.717, 1.165) is 21.2 Å². The van der Waals surface area contributed by atoms with Crippen LogP contribution in [0.25, 0.3) is 32.5 Å². The van der Waals surface area contributed by atoms with Crippen LogP contribution in [0.5, 0.6) is 0 Å². The molecule has 2 N–H and O–H groups in total. The number of piperidine rings is 1. The normalized spacial score (nSPS) is 18.7. The van der Waals surface area contributed by atoms with E-state index in [-0.39, 0.29) is 24.0 Å². The smallest absolute Gasteiger partial charge is 0.379 e. The number of nitrogens with one attached hydrogen (secondary N) is 2. The Morgan fingerprint density at radius 1 is 1.18 bits per heavy atom. The molecule has 0 amide bonds. The summed E-state index contributed by atoms with van der Waals surface area (Å²) >= 11 is 1.59. The first-order valence-electron chi connectivity index (χ1n) is 12.4. The molecule has 1 aromatic carbocycles. The highest BCUT2D eigenvalue weighted by Crippen LogP contribution is 2.35. The standard InChI is InChI=1S/C26H25F4N7OS/c1-36-9-6-19(17(27)13-36)33-18-3-2-4-20-16(18)11-21(37(20)14-26(28,29)30)25-34-23(38-35-25)12-32-24-15-7-10-39-22(15)5-8-31-24/h2-5,7-8,10-11,17,19,33H,6,9,12-14H2,1H3,(H,31,32)/t17-,19+/m0/s1. The van der Waals surface area contributed by atoms with E-state index >= 15 is 0 Å². The summed E-state index contributed by atoms with van der Waals surface area (Å²) in [7, 11) is 1.86. The Bertz CT molecular complexity index is 1610. The van der Waals surface area contributed by atoms with Gasteiger partial charge in [0.2, 0.25) is 11.7 Å². The number of nitrogens with zero attached hydrogens (tertiary/aromatic N) is 5. The van der Waals surface area contributed by atoms with Crippen LogP contribution in [0.2, 0.25) is 0 Å². The molecule has 0 saturated carbocycles. The third-order valence-corrected chi connectivity index (χ3v) is 7.73. The first-order valence-corrected chi connectivity index (χ1v) is 13.3. The average Bonchev–Trinajstić information content (AvgIpc) is 3.63. The van der Waals surface area contributed by atoms with Gasteiger partial charge in [0.05, 0.1) is 23.8 Å². The van der Waals surface area contributed by atoms with Gasteiger partial charge in [0.25, 0.3) is 0 Å². The second-order valence-corrected chi connectivity index (χ2v) is 10.6. The summed E-state index contributed by atoms with van der Waals surface area (Å²) in [6.07, 6.45) is -3.31. The number of fused-ring (bicyclic) bond motifs is 2. The molecule has 0 bridgehead atoms. The molecule has 39 heavy (non-hydrogen) atoms. The molecule has 5 aromatic rings. The van der Waals surface area contributed by atoms with Crippen molar-refractivity contribution in [2.24, 2.45) is 0 Å². The van der Waals surface area contributed by atoms with Gasteiger partial charge in [-0.1, -0.05) is 11.2 Å². The van der Waals surface area contributed by atoms with E-state index in [9.17, 15) is 17.6 Å². The van der Waals surface area contributed by atoms with E-state index in [1.165, 1.54) is 0 Å². The first-order chi connectivity index (χ1) is 18.7. The van der Waals surface area contributed by atoms with Crippen LogP contribution in [0.4, 0.5) is 29.1 Å². The Hall–Kier alpha value is -3.71. The Labute approximate surface area is 224 Å². The minimum atomic E-state index is -4.48. The van der Waals surface area contributed by atoms with Crippen LogP contribution >= 0.6 is 11.3 Å². The molecule has 6 rings (SSSR count). The van der Waals surface area contributed by atoms with Crippen molar-refractivity contribution in [3.8, 4) is 11.5 Å². The number of benzene rings is 1. The van der Waals surface area contributed by atoms with Crippen LogP contribution in [-0.4, -0.2) is 63.1 Å². The quantitative estimate of drug-likeness (QED) is 0.239. The van der Waals surface area contributed by atoms with Gasteiger partial charge in [0.15, 0.2) is 0 Å². The number of alkyl halides is 4. The zero-order valence-corrected chi connectivity index (χ0v) is 21.7. The molecule has 5 heterocycles. The highest BCUT2D eigenvalue weighted by Gasteiger charge is 2.32. The van der Waals surface area contributed by atoms with Crippen LogP contribution in [0, 0.1) is 0 Å². The van der Waals surface area contributed by atoms with E-state index in [1.54, 1.807) is 41.8 Å². The summed E-state index contributed by atoms with van der Waals surface area (Å²) in [5.41, 5.74) is 1.06. The zero-order valence-electron chi connectivity index (χ0n) is 20.9. The third-order valence-electron chi connectivity index (χ3n) is 6.85. The maximum absolute atomic E-state index is 14.7. The maximum atomic E-state index is 14.7. The van der Waals surface area contributed by atoms with Gasteiger partial charge in [-0.15, -0.1) is 11.3 Å². The first kappa shape index (κ1) is 25.6. The molecular weight excluding hydrogens is 534 g/mol. The Morgan fingerprint density at radius 3 is 2.87 bits per heavy atom. The summed E-state index contributed by atoms with van der Waals surface area (Å²) in [4.78, 5) is 10.6. The van der Waals surface area contributed by atoms with E-state index in [4.69, 9.17) is 4.52 Å². The molecule has 1 saturated heterocycles. The molecule has 1 aliphatic heterocycles. The molecule has 1 aliphatic rings. The van der Waals surface area contributed by atoms with Crippen LogP contribution in [0.1, 0.15) is 12.3 Å². The van der Waals surface area contributed by atoms with Gasteiger partial charge >= 0.3 is 6.18 Å². The SMILES string of the molecule is CN1CC[C@@H](Nc2cccc3c2cc(-c2noc(CNc4nccc5sccc45)n2)n3CC(F)(F)F)[C@@H](F)C1. The van der Waals surface area contributed by atoms with Crippen LogP contribution in [0.3, 0.4) is 0 Å².